The van der Waals surface area contributed by atoms with E-state index in [0.29, 0.717) is 5.92 Å². The monoisotopic (exact) mass is 216 g/mol. The first-order chi connectivity index (χ1) is 3.15. The first-order valence-corrected chi connectivity index (χ1v) is 8.10. The third-order valence-electron chi connectivity index (χ3n) is 0. The van der Waals surface area contributed by atoms with Gasteiger partial charge < -0.3 is 19.8 Å². The van der Waals surface area contributed by atoms with E-state index < -0.39 is 20.8 Å². The van der Waals surface area contributed by atoms with Crippen LogP contribution in [0.15, 0.2) is 0 Å². The zero-order valence-electron chi connectivity index (χ0n) is 4.25. The van der Waals surface area contributed by atoms with E-state index in [9.17, 15) is 0 Å². The van der Waals surface area contributed by atoms with Gasteiger partial charge in [0.2, 0.25) is 0 Å². The summed E-state index contributed by atoms with van der Waals surface area (Å²) in [6.07, 6.45) is 0. The Hall–Kier alpha value is 1.46. The first-order valence-electron chi connectivity index (χ1n) is 1.77. The summed E-state index contributed by atoms with van der Waals surface area (Å²) in [6, 6.07) is 0. The molecule has 0 atom stereocenters. The molecule has 0 fully saturated rings. The zero-order valence-corrected chi connectivity index (χ0v) is 8.22. The Morgan fingerprint density at radius 2 is 1.43 bits per heavy atom. The van der Waals surface area contributed by atoms with Crippen LogP contribution in [0, 0.1) is 19.8 Å². The Morgan fingerprint density at radius 3 is 1.43 bits per heavy atom. The Morgan fingerprint density at radius 1 is 1.43 bits per heavy atom. The van der Waals surface area contributed by atoms with Crippen LogP contribution in [0.4, 0.5) is 0 Å². The van der Waals surface area contributed by atoms with Crippen LogP contribution in [0.2, 0.25) is 0 Å². The van der Waals surface area contributed by atoms with E-state index in [2.05, 4.69) is 13.8 Å². The summed E-state index contributed by atoms with van der Waals surface area (Å²) in [5.74, 6) is 0.333. The molecule has 0 heterocycles. The van der Waals surface area contributed by atoms with Gasteiger partial charge in [0, 0.05) is 0 Å². The third kappa shape index (κ3) is 104. The second-order valence-corrected chi connectivity index (χ2v) is 4.91. The predicted molar refractivity (Wildman–Crippen MR) is 31.6 cm³/mol. The fourth-order valence-electron chi connectivity index (χ4n) is 0. The molecule has 0 aromatic heterocycles. The second kappa shape index (κ2) is 10.4. The van der Waals surface area contributed by atoms with Crippen molar-refractivity contribution >= 4 is 17.0 Å². The van der Waals surface area contributed by atoms with Crippen LogP contribution in [0.25, 0.3) is 0 Å². The molecule has 0 saturated heterocycles. The topological polar surface area (TPSA) is 0 Å². The number of halogens is 2. The molecule has 0 aliphatic carbocycles. The summed E-state index contributed by atoms with van der Waals surface area (Å²) in [4.78, 5) is 0. The molecular weight excluding hydrogens is 210 g/mol. The summed E-state index contributed by atoms with van der Waals surface area (Å²) >= 11 is -0.826. The van der Waals surface area contributed by atoms with Gasteiger partial charge in [0.1, 0.15) is 0 Å². The fourth-order valence-corrected chi connectivity index (χ4v) is 0. The van der Waals surface area contributed by atoms with Crippen LogP contribution < -0.4 is 0 Å². The molecule has 0 aliphatic heterocycles. The molecule has 0 aromatic carbocycles. The zero-order chi connectivity index (χ0) is 6.28. The van der Waals surface area contributed by atoms with E-state index in [-0.39, 0.29) is 0 Å². The first kappa shape index (κ1) is 11.3. The van der Waals surface area contributed by atoms with Crippen molar-refractivity contribution in [3.63, 3.8) is 0 Å². The Kier molecular flexibility index (Phi) is 16.8. The van der Waals surface area contributed by atoms with Crippen LogP contribution in [0.1, 0.15) is 6.92 Å². The van der Waals surface area contributed by atoms with Gasteiger partial charge >= 0.3 is 37.9 Å². The van der Waals surface area contributed by atoms with Gasteiger partial charge in [-0.3, -0.25) is 0 Å². The molecule has 0 spiro atoms. The Bertz CT molecular complexity index is 20.9. The van der Waals surface area contributed by atoms with Gasteiger partial charge in [0.25, 0.3) is 0 Å². The van der Waals surface area contributed by atoms with E-state index in [1.165, 1.54) is 0 Å². The van der Waals surface area contributed by atoms with Gasteiger partial charge in [-0.25, -0.2) is 0 Å². The number of hydrogen-bond donors (Lipinski definition) is 0. The van der Waals surface area contributed by atoms with E-state index in [4.69, 9.17) is 17.0 Å². The fraction of sp³-hybridized carbons (Fsp3) is 0.500. The summed E-state index contributed by atoms with van der Waals surface area (Å²) in [5, 5.41) is 0. The third-order valence-corrected chi connectivity index (χ3v) is 0. The van der Waals surface area contributed by atoms with Crippen LogP contribution >= 0.6 is 17.0 Å². The summed E-state index contributed by atoms with van der Waals surface area (Å²) in [7, 11) is 9.87. The van der Waals surface area contributed by atoms with Crippen molar-refractivity contribution in [1.82, 2.24) is 0 Å². The molecule has 7 heavy (non-hydrogen) atoms. The van der Waals surface area contributed by atoms with Crippen molar-refractivity contribution in [3.05, 3.63) is 13.8 Å². The van der Waals surface area contributed by atoms with Crippen LogP contribution in [-0.4, -0.2) is 0 Å². The maximum atomic E-state index is 4.93. The summed E-state index contributed by atoms with van der Waals surface area (Å²) in [6.45, 7) is 9.00. The molecule has 0 amide bonds. The predicted octanol–water partition coefficient (Wildman–Crippen LogP) is 2.67. The molecule has 0 N–H and O–H groups in total. The molecule has 42 valence electrons. The quantitative estimate of drug-likeness (QED) is 0.548. The summed E-state index contributed by atoms with van der Waals surface area (Å²) in [5.41, 5.74) is 0. The van der Waals surface area contributed by atoms with Gasteiger partial charge in [-0.2, -0.15) is 0 Å². The molecule has 3 heteroatoms. The van der Waals surface area contributed by atoms with Crippen molar-refractivity contribution in [2.75, 3.05) is 0 Å². The molecule has 0 aliphatic rings. The van der Waals surface area contributed by atoms with Gasteiger partial charge in [0.15, 0.2) is 0 Å². The molecule has 0 nitrogen and oxygen atoms in total. The molecule has 0 bridgehead atoms. The van der Waals surface area contributed by atoms with Gasteiger partial charge in [0.05, 0.1) is 0 Å². The summed E-state index contributed by atoms with van der Waals surface area (Å²) < 4.78 is 0. The standard InChI is InChI=1S/C4H8.2ClH.Zr/c1-4(2)3;;;/h4H,1-2H2,3H3;2*1H;/q-2;;;+4/p-2. The van der Waals surface area contributed by atoms with Gasteiger partial charge in [-0.15, -0.1) is 6.92 Å². The molecule has 0 rings (SSSR count). The van der Waals surface area contributed by atoms with Crippen molar-refractivity contribution in [3.8, 4) is 0 Å². The average Bonchev–Trinajstić information content (AvgIpc) is 1.33. The Labute approximate surface area is 64.2 Å². The SMILES string of the molecule is [CH2-]C([CH2-])C.[Cl][Zr+2][Cl]. The van der Waals surface area contributed by atoms with E-state index in [1.807, 2.05) is 6.92 Å². The van der Waals surface area contributed by atoms with E-state index in [0.717, 1.165) is 0 Å². The Balaban J connectivity index is 0. The second-order valence-electron chi connectivity index (χ2n) is 1.18. The van der Waals surface area contributed by atoms with E-state index >= 15 is 0 Å². The van der Waals surface area contributed by atoms with Crippen LogP contribution in [-0.2, 0) is 20.8 Å². The maximum absolute atomic E-state index is 4.93. The molecule has 0 aromatic rings. The van der Waals surface area contributed by atoms with E-state index in [1.54, 1.807) is 0 Å². The molecular formula is C4H8Cl2Zr. The minimum atomic E-state index is -0.826. The van der Waals surface area contributed by atoms with Crippen molar-refractivity contribution in [2.45, 2.75) is 6.92 Å². The van der Waals surface area contributed by atoms with Crippen LogP contribution in [0.5, 0.6) is 0 Å². The molecule has 0 saturated carbocycles. The number of hydrogen-bond acceptors (Lipinski definition) is 0. The van der Waals surface area contributed by atoms with Crippen molar-refractivity contribution in [2.24, 2.45) is 5.92 Å². The normalized spacial score (nSPS) is 6.57. The van der Waals surface area contributed by atoms with Gasteiger partial charge in [-0.05, 0) is 0 Å². The van der Waals surface area contributed by atoms with Gasteiger partial charge in [-0.1, -0.05) is 0 Å². The number of rotatable bonds is 0. The molecule has 0 unspecified atom stereocenters. The van der Waals surface area contributed by atoms with Crippen LogP contribution in [0.3, 0.4) is 0 Å². The minimum absolute atomic E-state index is 0.333. The molecule has 0 radical (unpaired) electrons. The van der Waals surface area contributed by atoms with Crippen molar-refractivity contribution in [1.29, 1.82) is 0 Å². The van der Waals surface area contributed by atoms with Crippen molar-refractivity contribution < 1.29 is 20.8 Å². The average molecular weight is 218 g/mol.